The van der Waals surface area contributed by atoms with Crippen molar-refractivity contribution in [3.63, 3.8) is 0 Å². The molecule has 2 aliphatic carbocycles. The highest BCUT2D eigenvalue weighted by atomic mass is 32.2. The Morgan fingerprint density at radius 3 is 2.59 bits per heavy atom. The summed E-state index contributed by atoms with van der Waals surface area (Å²) in [6.07, 6.45) is 7.13. The van der Waals surface area contributed by atoms with Crippen molar-refractivity contribution in [2.24, 2.45) is 0 Å². The quantitative estimate of drug-likeness (QED) is 0.759. The summed E-state index contributed by atoms with van der Waals surface area (Å²) in [5.41, 5.74) is 3.06. The van der Waals surface area contributed by atoms with Crippen LogP contribution in [0.5, 0.6) is 0 Å². The molecule has 154 valence electrons. The summed E-state index contributed by atoms with van der Waals surface area (Å²) in [5.74, 6) is 0.0748. The molecule has 2 aromatic rings. The first-order valence-corrected chi connectivity index (χ1v) is 12.0. The second-order valence-corrected chi connectivity index (χ2v) is 9.84. The Balaban J connectivity index is 1.43. The van der Waals surface area contributed by atoms with Crippen LogP contribution in [0.3, 0.4) is 0 Å². The maximum absolute atomic E-state index is 12.7. The van der Waals surface area contributed by atoms with Gasteiger partial charge in [0.2, 0.25) is 10.0 Å². The van der Waals surface area contributed by atoms with E-state index in [0.29, 0.717) is 18.0 Å². The zero-order valence-electron chi connectivity index (χ0n) is 16.6. The van der Waals surface area contributed by atoms with Crippen molar-refractivity contribution in [1.82, 2.24) is 10.0 Å². The minimum Gasteiger partial charge on any atom is -0.351 e. The third-order valence-corrected chi connectivity index (χ3v) is 7.60. The van der Waals surface area contributed by atoms with Gasteiger partial charge in [0.15, 0.2) is 0 Å². The molecule has 0 heterocycles. The maximum atomic E-state index is 12.7. The number of rotatable bonds is 6. The van der Waals surface area contributed by atoms with Gasteiger partial charge in [-0.05, 0) is 61.4 Å². The van der Waals surface area contributed by atoms with Crippen molar-refractivity contribution in [3.8, 4) is 0 Å². The first-order valence-electron chi connectivity index (χ1n) is 10.5. The molecule has 1 atom stereocenters. The SMILES string of the molecule is O=C(NCC1CCCc2ccccc21)c1cccc(S(=O)(=O)NC2CCCC2)c1. The third-order valence-electron chi connectivity index (χ3n) is 6.09. The van der Waals surface area contributed by atoms with Gasteiger partial charge in [0, 0.05) is 24.1 Å². The molecule has 0 aromatic heterocycles. The van der Waals surface area contributed by atoms with Crippen molar-refractivity contribution >= 4 is 15.9 Å². The minimum atomic E-state index is -3.61. The molecule has 0 saturated heterocycles. The molecule has 0 aliphatic heterocycles. The van der Waals surface area contributed by atoms with E-state index in [1.165, 1.54) is 17.2 Å². The lowest BCUT2D eigenvalue weighted by molar-refractivity contribution is 0.0950. The van der Waals surface area contributed by atoms with Gasteiger partial charge < -0.3 is 5.32 Å². The second-order valence-electron chi connectivity index (χ2n) is 8.13. The third kappa shape index (κ3) is 4.70. The van der Waals surface area contributed by atoms with Gasteiger partial charge in [0.05, 0.1) is 4.90 Å². The molecule has 1 amide bonds. The molecule has 2 aromatic carbocycles. The average molecular weight is 413 g/mol. The monoisotopic (exact) mass is 412 g/mol. The number of nitrogens with one attached hydrogen (secondary N) is 2. The zero-order chi connectivity index (χ0) is 20.3. The van der Waals surface area contributed by atoms with Gasteiger partial charge in [-0.3, -0.25) is 4.79 Å². The number of benzene rings is 2. The molecule has 1 unspecified atom stereocenters. The number of hydrogen-bond acceptors (Lipinski definition) is 3. The Morgan fingerprint density at radius 1 is 0.966 bits per heavy atom. The number of carbonyl (C=O) groups is 1. The first kappa shape index (κ1) is 20.1. The van der Waals surface area contributed by atoms with Crippen LogP contribution in [0.2, 0.25) is 0 Å². The number of sulfonamides is 1. The van der Waals surface area contributed by atoms with E-state index < -0.39 is 10.0 Å². The normalized spacial score (nSPS) is 19.7. The van der Waals surface area contributed by atoms with Crippen LogP contribution in [0, 0.1) is 0 Å². The molecule has 6 heteroatoms. The summed E-state index contributed by atoms with van der Waals surface area (Å²) in [4.78, 5) is 12.8. The van der Waals surface area contributed by atoms with Crippen molar-refractivity contribution < 1.29 is 13.2 Å². The smallest absolute Gasteiger partial charge is 0.251 e. The Hall–Kier alpha value is -2.18. The Kier molecular flexibility index (Phi) is 6.01. The first-order chi connectivity index (χ1) is 14.0. The van der Waals surface area contributed by atoms with E-state index >= 15 is 0 Å². The highest BCUT2D eigenvalue weighted by Crippen LogP contribution is 2.31. The molecule has 1 saturated carbocycles. The summed E-state index contributed by atoms with van der Waals surface area (Å²) >= 11 is 0. The van der Waals surface area contributed by atoms with E-state index in [2.05, 4.69) is 28.2 Å². The highest BCUT2D eigenvalue weighted by Gasteiger charge is 2.24. The molecule has 2 aliphatic rings. The van der Waals surface area contributed by atoms with Crippen molar-refractivity contribution in [3.05, 3.63) is 65.2 Å². The number of fused-ring (bicyclic) bond motifs is 1. The molecular weight excluding hydrogens is 384 g/mol. The predicted octanol–water partition coefficient (Wildman–Crippen LogP) is 3.76. The topological polar surface area (TPSA) is 75.3 Å². The molecule has 1 fully saturated rings. The van der Waals surface area contributed by atoms with Gasteiger partial charge in [0.1, 0.15) is 0 Å². The fourth-order valence-electron chi connectivity index (χ4n) is 4.52. The van der Waals surface area contributed by atoms with Gasteiger partial charge in [-0.2, -0.15) is 0 Å². The van der Waals surface area contributed by atoms with Crippen molar-refractivity contribution in [2.75, 3.05) is 6.54 Å². The molecule has 2 N–H and O–H groups in total. The Bertz CT molecular complexity index is 981. The summed E-state index contributed by atoms with van der Waals surface area (Å²) in [6.45, 7) is 0.563. The van der Waals surface area contributed by atoms with Crippen LogP contribution in [-0.2, 0) is 16.4 Å². The molecule has 0 bridgehead atoms. The largest absolute Gasteiger partial charge is 0.351 e. The average Bonchev–Trinajstić information content (AvgIpc) is 3.24. The molecule has 5 nitrogen and oxygen atoms in total. The lowest BCUT2D eigenvalue weighted by Gasteiger charge is -2.25. The van der Waals surface area contributed by atoms with Crippen LogP contribution in [0.1, 0.15) is 65.9 Å². The van der Waals surface area contributed by atoms with Crippen LogP contribution in [0.25, 0.3) is 0 Å². The summed E-state index contributed by atoms with van der Waals surface area (Å²) < 4.78 is 28.1. The van der Waals surface area contributed by atoms with Crippen molar-refractivity contribution in [2.45, 2.75) is 61.8 Å². The van der Waals surface area contributed by atoms with Gasteiger partial charge >= 0.3 is 0 Å². The van der Waals surface area contributed by atoms with E-state index in [1.807, 2.05) is 6.07 Å². The van der Waals surface area contributed by atoms with E-state index in [4.69, 9.17) is 0 Å². The van der Waals surface area contributed by atoms with Crippen LogP contribution < -0.4 is 10.0 Å². The van der Waals surface area contributed by atoms with Gasteiger partial charge in [-0.25, -0.2) is 13.1 Å². The molecule has 4 rings (SSSR count). The highest BCUT2D eigenvalue weighted by molar-refractivity contribution is 7.89. The van der Waals surface area contributed by atoms with E-state index in [1.54, 1.807) is 18.2 Å². The number of hydrogen-bond donors (Lipinski definition) is 2. The lowest BCUT2D eigenvalue weighted by Crippen LogP contribution is -2.33. The molecule has 0 spiro atoms. The standard InChI is InChI=1S/C23H28N2O3S/c26-23(24-16-19-10-5-8-17-7-1-4-14-22(17)19)18-9-6-13-21(15-18)29(27,28)25-20-11-2-3-12-20/h1,4,6-7,9,13-15,19-20,25H,2-3,5,8,10-12,16H2,(H,24,26). The van der Waals surface area contributed by atoms with Gasteiger partial charge in [0.25, 0.3) is 5.91 Å². The van der Waals surface area contributed by atoms with Gasteiger partial charge in [-0.15, -0.1) is 0 Å². The maximum Gasteiger partial charge on any atom is 0.251 e. The molecule has 0 radical (unpaired) electrons. The second kappa shape index (κ2) is 8.67. The fraction of sp³-hybridized carbons (Fsp3) is 0.435. The Morgan fingerprint density at radius 2 is 1.76 bits per heavy atom. The number of amides is 1. The summed E-state index contributed by atoms with van der Waals surface area (Å²) in [7, 11) is -3.61. The van der Waals surface area contributed by atoms with E-state index in [0.717, 1.165) is 44.9 Å². The molecular formula is C23H28N2O3S. The lowest BCUT2D eigenvalue weighted by atomic mass is 9.83. The number of carbonyl (C=O) groups excluding carboxylic acids is 1. The predicted molar refractivity (Wildman–Crippen MR) is 113 cm³/mol. The van der Waals surface area contributed by atoms with Crippen LogP contribution in [0.15, 0.2) is 53.4 Å². The van der Waals surface area contributed by atoms with Crippen LogP contribution in [-0.4, -0.2) is 26.9 Å². The van der Waals surface area contributed by atoms with Crippen LogP contribution >= 0.6 is 0 Å². The summed E-state index contributed by atoms with van der Waals surface area (Å²) in [5, 5.41) is 3.01. The summed E-state index contributed by atoms with van der Waals surface area (Å²) in [6, 6.07) is 14.7. The van der Waals surface area contributed by atoms with E-state index in [9.17, 15) is 13.2 Å². The zero-order valence-corrected chi connectivity index (χ0v) is 17.4. The number of aryl methyl sites for hydroxylation is 1. The van der Waals surface area contributed by atoms with Crippen LogP contribution in [0.4, 0.5) is 0 Å². The van der Waals surface area contributed by atoms with Gasteiger partial charge in [-0.1, -0.05) is 43.2 Å². The Labute approximate surface area is 173 Å². The fourth-order valence-corrected chi connectivity index (χ4v) is 5.87. The minimum absolute atomic E-state index is 0.00357. The molecule has 29 heavy (non-hydrogen) atoms. The van der Waals surface area contributed by atoms with Crippen molar-refractivity contribution in [1.29, 1.82) is 0 Å². The van der Waals surface area contributed by atoms with E-state index in [-0.39, 0.29) is 16.8 Å².